The summed E-state index contributed by atoms with van der Waals surface area (Å²) in [6.07, 6.45) is 0.839. The van der Waals surface area contributed by atoms with Crippen LogP contribution in [0.25, 0.3) is 0 Å². The third-order valence-corrected chi connectivity index (χ3v) is 2.10. The van der Waals surface area contributed by atoms with Gasteiger partial charge in [0.05, 0.1) is 18.2 Å². The van der Waals surface area contributed by atoms with Crippen LogP contribution in [0.1, 0.15) is 6.42 Å². The van der Waals surface area contributed by atoms with Crippen molar-refractivity contribution in [1.29, 1.82) is 0 Å². The van der Waals surface area contributed by atoms with E-state index in [1.807, 2.05) is 24.3 Å². The molecule has 0 aromatic heterocycles. The number of ether oxygens (including phenoxy) is 2. The fraction of sp³-hybridized carbons (Fsp3) is 0.455. The van der Waals surface area contributed by atoms with E-state index in [0.717, 1.165) is 12.2 Å². The molecule has 15 heavy (non-hydrogen) atoms. The van der Waals surface area contributed by atoms with Crippen molar-refractivity contribution in [3.05, 3.63) is 29.3 Å². The van der Waals surface area contributed by atoms with Gasteiger partial charge >= 0.3 is 0 Å². The first-order chi connectivity index (χ1) is 7.34. The second kappa shape index (κ2) is 7.51. The lowest BCUT2D eigenvalue weighted by atomic mass is 10.3. The van der Waals surface area contributed by atoms with Crippen LogP contribution < -0.4 is 10.5 Å². The molecule has 4 heteroatoms. The van der Waals surface area contributed by atoms with Gasteiger partial charge in [0.15, 0.2) is 0 Å². The summed E-state index contributed by atoms with van der Waals surface area (Å²) in [6, 6.07) is 7.43. The van der Waals surface area contributed by atoms with E-state index >= 15 is 0 Å². The first-order valence-corrected chi connectivity index (χ1v) is 5.37. The van der Waals surface area contributed by atoms with Crippen LogP contribution in [-0.4, -0.2) is 26.4 Å². The summed E-state index contributed by atoms with van der Waals surface area (Å²) in [5.41, 5.74) is 5.28. The van der Waals surface area contributed by atoms with E-state index in [9.17, 15) is 0 Å². The molecule has 0 radical (unpaired) electrons. The highest BCUT2D eigenvalue weighted by Gasteiger charge is 1.98. The van der Waals surface area contributed by atoms with Crippen molar-refractivity contribution in [2.45, 2.75) is 6.42 Å². The highest BCUT2D eigenvalue weighted by atomic mass is 35.5. The van der Waals surface area contributed by atoms with Crippen LogP contribution in [0.15, 0.2) is 24.3 Å². The molecule has 84 valence electrons. The molecule has 0 fully saturated rings. The zero-order chi connectivity index (χ0) is 10.9. The second-order valence-electron chi connectivity index (χ2n) is 3.03. The maximum atomic E-state index is 5.91. The zero-order valence-electron chi connectivity index (χ0n) is 8.62. The van der Waals surface area contributed by atoms with Gasteiger partial charge in [-0.2, -0.15) is 0 Å². The lowest BCUT2D eigenvalue weighted by Gasteiger charge is -2.07. The van der Waals surface area contributed by atoms with Gasteiger partial charge in [0.1, 0.15) is 5.75 Å². The minimum atomic E-state index is 0.561. The lowest BCUT2D eigenvalue weighted by molar-refractivity contribution is 0.126. The Kier molecular flexibility index (Phi) is 6.16. The SMILES string of the molecule is NCCOCCCOc1ccccc1Cl. The molecule has 0 heterocycles. The summed E-state index contributed by atoms with van der Waals surface area (Å²) in [5, 5.41) is 0.639. The molecule has 1 aromatic carbocycles. The number of halogens is 1. The normalized spacial score (nSPS) is 10.3. The molecule has 0 unspecified atom stereocenters. The quantitative estimate of drug-likeness (QED) is 0.729. The number of rotatable bonds is 7. The number of nitrogens with two attached hydrogens (primary N) is 1. The van der Waals surface area contributed by atoms with Crippen molar-refractivity contribution in [2.75, 3.05) is 26.4 Å². The molecule has 1 aromatic rings. The Labute approximate surface area is 95.1 Å². The maximum absolute atomic E-state index is 5.91. The van der Waals surface area contributed by atoms with Crippen molar-refractivity contribution >= 4 is 11.6 Å². The minimum absolute atomic E-state index is 0.561. The molecule has 0 aliphatic heterocycles. The summed E-state index contributed by atoms with van der Waals surface area (Å²) >= 11 is 5.91. The number of benzene rings is 1. The van der Waals surface area contributed by atoms with E-state index in [0.29, 0.717) is 31.4 Å². The Bertz CT molecular complexity index is 281. The van der Waals surface area contributed by atoms with E-state index in [4.69, 9.17) is 26.8 Å². The van der Waals surface area contributed by atoms with Gasteiger partial charge in [0.25, 0.3) is 0 Å². The molecule has 0 amide bonds. The molecule has 0 atom stereocenters. The van der Waals surface area contributed by atoms with Crippen LogP contribution in [0.3, 0.4) is 0 Å². The predicted octanol–water partition coefficient (Wildman–Crippen LogP) is 2.08. The average Bonchev–Trinajstić information content (AvgIpc) is 2.25. The first kappa shape index (κ1) is 12.3. The van der Waals surface area contributed by atoms with Crippen molar-refractivity contribution < 1.29 is 9.47 Å². The molecule has 0 spiro atoms. The van der Waals surface area contributed by atoms with Gasteiger partial charge < -0.3 is 15.2 Å². The molecule has 0 bridgehead atoms. The van der Waals surface area contributed by atoms with Crippen molar-refractivity contribution in [3.8, 4) is 5.75 Å². The van der Waals surface area contributed by atoms with Crippen LogP contribution in [0.2, 0.25) is 5.02 Å². The molecule has 0 aliphatic rings. The second-order valence-corrected chi connectivity index (χ2v) is 3.44. The lowest BCUT2D eigenvalue weighted by Crippen LogP contribution is -2.10. The third-order valence-electron chi connectivity index (χ3n) is 1.79. The largest absolute Gasteiger partial charge is 0.492 e. The van der Waals surface area contributed by atoms with Gasteiger partial charge in [-0.15, -0.1) is 0 Å². The van der Waals surface area contributed by atoms with E-state index < -0.39 is 0 Å². The third kappa shape index (κ3) is 5.02. The monoisotopic (exact) mass is 229 g/mol. The number of hydrogen-bond donors (Lipinski definition) is 1. The van der Waals surface area contributed by atoms with Crippen molar-refractivity contribution in [3.63, 3.8) is 0 Å². The van der Waals surface area contributed by atoms with Gasteiger partial charge in [0.2, 0.25) is 0 Å². The summed E-state index contributed by atoms with van der Waals surface area (Å²) in [5.74, 6) is 0.720. The van der Waals surface area contributed by atoms with Gasteiger partial charge in [-0.3, -0.25) is 0 Å². The smallest absolute Gasteiger partial charge is 0.137 e. The maximum Gasteiger partial charge on any atom is 0.137 e. The van der Waals surface area contributed by atoms with Crippen LogP contribution >= 0.6 is 11.6 Å². The summed E-state index contributed by atoms with van der Waals surface area (Å²) < 4.78 is 10.7. The van der Waals surface area contributed by atoms with Gasteiger partial charge in [-0.25, -0.2) is 0 Å². The Morgan fingerprint density at radius 2 is 1.93 bits per heavy atom. The van der Waals surface area contributed by atoms with Crippen LogP contribution in [0.4, 0.5) is 0 Å². The Hall–Kier alpha value is -0.770. The van der Waals surface area contributed by atoms with Crippen LogP contribution in [-0.2, 0) is 4.74 Å². The molecular weight excluding hydrogens is 214 g/mol. The highest BCUT2D eigenvalue weighted by molar-refractivity contribution is 6.32. The summed E-state index contributed by atoms with van der Waals surface area (Å²) in [7, 11) is 0. The standard InChI is InChI=1S/C11H16ClNO2/c12-10-4-1-2-5-11(10)15-8-3-7-14-9-6-13/h1-2,4-5H,3,6-9,13H2. The Morgan fingerprint density at radius 3 is 2.67 bits per heavy atom. The highest BCUT2D eigenvalue weighted by Crippen LogP contribution is 2.22. The average molecular weight is 230 g/mol. The zero-order valence-corrected chi connectivity index (χ0v) is 9.37. The molecule has 0 saturated heterocycles. The first-order valence-electron chi connectivity index (χ1n) is 4.99. The molecule has 0 aliphatic carbocycles. The van der Waals surface area contributed by atoms with E-state index in [2.05, 4.69) is 0 Å². The van der Waals surface area contributed by atoms with Crippen LogP contribution in [0.5, 0.6) is 5.75 Å². The minimum Gasteiger partial charge on any atom is -0.492 e. The van der Waals surface area contributed by atoms with Gasteiger partial charge in [0, 0.05) is 19.6 Å². The number of para-hydroxylation sites is 1. The van der Waals surface area contributed by atoms with Crippen molar-refractivity contribution in [2.24, 2.45) is 5.73 Å². The predicted molar refractivity (Wildman–Crippen MR) is 61.4 cm³/mol. The molecule has 2 N–H and O–H groups in total. The van der Waals surface area contributed by atoms with E-state index in [1.54, 1.807) is 0 Å². The van der Waals surface area contributed by atoms with Gasteiger partial charge in [-0.05, 0) is 12.1 Å². The fourth-order valence-corrected chi connectivity index (χ4v) is 1.28. The molecule has 0 saturated carbocycles. The van der Waals surface area contributed by atoms with Crippen molar-refractivity contribution in [1.82, 2.24) is 0 Å². The van der Waals surface area contributed by atoms with Crippen LogP contribution in [0, 0.1) is 0 Å². The topological polar surface area (TPSA) is 44.5 Å². The Morgan fingerprint density at radius 1 is 1.13 bits per heavy atom. The molecular formula is C11H16ClNO2. The Balaban J connectivity index is 2.12. The number of hydrogen-bond acceptors (Lipinski definition) is 3. The van der Waals surface area contributed by atoms with E-state index in [1.165, 1.54) is 0 Å². The molecule has 3 nitrogen and oxygen atoms in total. The van der Waals surface area contributed by atoms with Gasteiger partial charge in [-0.1, -0.05) is 23.7 Å². The summed E-state index contributed by atoms with van der Waals surface area (Å²) in [4.78, 5) is 0. The fourth-order valence-electron chi connectivity index (χ4n) is 1.09. The summed E-state index contributed by atoms with van der Waals surface area (Å²) in [6.45, 7) is 2.44. The van der Waals surface area contributed by atoms with E-state index in [-0.39, 0.29) is 0 Å². The molecule has 1 rings (SSSR count).